The van der Waals surface area contributed by atoms with E-state index in [0.717, 1.165) is 0 Å². The fraction of sp³-hybridized carbons (Fsp3) is 0.333. The van der Waals surface area contributed by atoms with Crippen molar-refractivity contribution in [2.75, 3.05) is 0 Å². The monoisotopic (exact) mass is 234 g/mol. The van der Waals surface area contributed by atoms with Crippen molar-refractivity contribution in [3.8, 4) is 0 Å². The first kappa shape index (κ1) is 6.92. The van der Waals surface area contributed by atoms with E-state index >= 15 is 0 Å². The third-order valence-electron chi connectivity index (χ3n) is 1.04. The zero-order valence-electron chi connectivity index (χ0n) is 5.08. The molecule has 0 bridgehead atoms. The van der Waals surface area contributed by atoms with E-state index in [0.29, 0.717) is 3.92 Å². The van der Waals surface area contributed by atoms with Gasteiger partial charge in [0.2, 0.25) is 0 Å². The summed E-state index contributed by atoms with van der Waals surface area (Å²) in [5.41, 5.74) is 1.18. The minimum Gasteiger partial charge on any atom is -0.245 e. The molecule has 3 heteroatoms. The molecule has 0 unspecified atom stereocenters. The van der Waals surface area contributed by atoms with Crippen LogP contribution in [0.1, 0.15) is 16.4 Å². The van der Waals surface area contributed by atoms with Crippen molar-refractivity contribution < 1.29 is 0 Å². The van der Waals surface area contributed by atoms with Crippen LogP contribution in [0.5, 0.6) is 0 Å². The van der Waals surface area contributed by atoms with E-state index < -0.39 is 0 Å². The molecule has 48 valence electrons. The topological polar surface area (TPSA) is 25.8 Å². The molecule has 1 heterocycles. The molecule has 1 atom stereocenters. The smallest absolute Gasteiger partial charge is 0.115 e. The predicted octanol–water partition coefficient (Wildman–Crippen LogP) is 1.97. The third kappa shape index (κ3) is 1.89. The molecule has 0 aliphatic rings. The highest BCUT2D eigenvalue weighted by Crippen LogP contribution is 2.19. The summed E-state index contributed by atoms with van der Waals surface area (Å²) in [5, 5.41) is 0. The number of alkyl halides is 1. The molecular weight excluding hydrogens is 227 g/mol. The number of hydrogen-bond donors (Lipinski definition) is 0. The maximum absolute atomic E-state index is 3.89. The lowest BCUT2D eigenvalue weighted by molar-refractivity contribution is 1.05. The average molecular weight is 234 g/mol. The summed E-state index contributed by atoms with van der Waals surface area (Å²) in [6, 6.07) is 0. The van der Waals surface area contributed by atoms with Crippen LogP contribution in [-0.4, -0.2) is 9.97 Å². The standard InChI is InChI=1S/C6H7IN2/c1-5(7)6-2-8-4-9-3-6/h2-5H,1H3/t5-/m0/s1. The molecule has 0 amide bonds. The van der Waals surface area contributed by atoms with Gasteiger partial charge < -0.3 is 0 Å². The highest BCUT2D eigenvalue weighted by Gasteiger charge is 1.97. The van der Waals surface area contributed by atoms with Crippen LogP contribution in [0.4, 0.5) is 0 Å². The molecule has 0 aromatic carbocycles. The Labute approximate surface area is 67.9 Å². The fourth-order valence-corrected chi connectivity index (χ4v) is 0.838. The highest BCUT2D eigenvalue weighted by atomic mass is 127. The molecule has 9 heavy (non-hydrogen) atoms. The Kier molecular flexibility index (Phi) is 2.38. The number of nitrogens with zero attached hydrogens (tertiary/aromatic N) is 2. The second-order valence-electron chi connectivity index (χ2n) is 1.79. The molecule has 1 aromatic heterocycles. The lowest BCUT2D eigenvalue weighted by Crippen LogP contribution is -1.85. The molecule has 1 aromatic rings. The molecule has 0 aliphatic carbocycles. The van der Waals surface area contributed by atoms with Crippen LogP contribution in [0.15, 0.2) is 18.7 Å². The van der Waals surface area contributed by atoms with Gasteiger partial charge in [0, 0.05) is 21.9 Å². The van der Waals surface area contributed by atoms with Gasteiger partial charge in [0.05, 0.1) is 0 Å². The fourth-order valence-electron chi connectivity index (χ4n) is 0.516. The molecule has 0 fully saturated rings. The highest BCUT2D eigenvalue weighted by molar-refractivity contribution is 14.1. The molecule has 2 nitrogen and oxygen atoms in total. The van der Waals surface area contributed by atoms with Gasteiger partial charge in [-0.2, -0.15) is 0 Å². The Balaban J connectivity index is 2.85. The Bertz CT molecular complexity index is 174. The second kappa shape index (κ2) is 3.10. The van der Waals surface area contributed by atoms with Crippen LogP contribution in [0.25, 0.3) is 0 Å². The van der Waals surface area contributed by atoms with Gasteiger partial charge in [-0.1, -0.05) is 22.6 Å². The van der Waals surface area contributed by atoms with E-state index in [1.807, 2.05) is 12.4 Å². The molecule has 0 saturated heterocycles. The molecule has 0 spiro atoms. The summed E-state index contributed by atoms with van der Waals surface area (Å²) in [5.74, 6) is 0. The first-order chi connectivity index (χ1) is 4.30. The summed E-state index contributed by atoms with van der Waals surface area (Å²) in [7, 11) is 0. The number of hydrogen-bond acceptors (Lipinski definition) is 2. The van der Waals surface area contributed by atoms with Crippen LogP contribution >= 0.6 is 22.6 Å². The lowest BCUT2D eigenvalue weighted by atomic mass is 10.3. The van der Waals surface area contributed by atoms with E-state index in [4.69, 9.17) is 0 Å². The molecule has 0 aliphatic heterocycles. The van der Waals surface area contributed by atoms with E-state index in [9.17, 15) is 0 Å². The normalized spacial score (nSPS) is 13.1. The predicted molar refractivity (Wildman–Crippen MR) is 44.5 cm³/mol. The van der Waals surface area contributed by atoms with Crippen molar-refractivity contribution in [3.63, 3.8) is 0 Å². The van der Waals surface area contributed by atoms with Crippen molar-refractivity contribution in [1.29, 1.82) is 0 Å². The van der Waals surface area contributed by atoms with Gasteiger partial charge in [0.15, 0.2) is 0 Å². The Morgan fingerprint density at radius 1 is 1.44 bits per heavy atom. The Hall–Kier alpha value is -0.190. The Morgan fingerprint density at radius 3 is 2.33 bits per heavy atom. The van der Waals surface area contributed by atoms with Crippen LogP contribution in [-0.2, 0) is 0 Å². The summed E-state index contributed by atoms with van der Waals surface area (Å²) in [6.07, 6.45) is 5.22. The van der Waals surface area contributed by atoms with Gasteiger partial charge >= 0.3 is 0 Å². The number of rotatable bonds is 1. The summed E-state index contributed by atoms with van der Waals surface area (Å²) < 4.78 is 0.504. The second-order valence-corrected chi connectivity index (χ2v) is 3.66. The quantitative estimate of drug-likeness (QED) is 0.548. The van der Waals surface area contributed by atoms with Crippen LogP contribution in [0, 0.1) is 0 Å². The minimum absolute atomic E-state index is 0.504. The largest absolute Gasteiger partial charge is 0.245 e. The first-order valence-electron chi connectivity index (χ1n) is 2.69. The van der Waals surface area contributed by atoms with Gasteiger partial charge in [0.1, 0.15) is 6.33 Å². The van der Waals surface area contributed by atoms with Gasteiger partial charge in [0.25, 0.3) is 0 Å². The van der Waals surface area contributed by atoms with E-state index in [1.54, 1.807) is 6.33 Å². The minimum atomic E-state index is 0.504. The van der Waals surface area contributed by atoms with Gasteiger partial charge in [-0.25, -0.2) is 9.97 Å². The van der Waals surface area contributed by atoms with Crippen molar-refractivity contribution in [1.82, 2.24) is 9.97 Å². The zero-order chi connectivity index (χ0) is 6.69. The summed E-state index contributed by atoms with van der Waals surface area (Å²) in [6.45, 7) is 2.11. The van der Waals surface area contributed by atoms with Crippen molar-refractivity contribution in [2.24, 2.45) is 0 Å². The molecule has 0 saturated carbocycles. The van der Waals surface area contributed by atoms with Gasteiger partial charge in [-0.05, 0) is 6.92 Å². The average Bonchev–Trinajstić information content (AvgIpc) is 1.90. The number of halogens is 1. The maximum atomic E-state index is 3.89. The van der Waals surface area contributed by atoms with Gasteiger partial charge in [-0.15, -0.1) is 0 Å². The van der Waals surface area contributed by atoms with Crippen molar-refractivity contribution >= 4 is 22.6 Å². The van der Waals surface area contributed by atoms with Crippen LogP contribution < -0.4 is 0 Å². The zero-order valence-corrected chi connectivity index (χ0v) is 7.24. The SMILES string of the molecule is C[C@H](I)c1cncnc1. The Morgan fingerprint density at radius 2 is 2.00 bits per heavy atom. The number of aromatic nitrogens is 2. The van der Waals surface area contributed by atoms with Crippen molar-refractivity contribution in [3.05, 3.63) is 24.3 Å². The van der Waals surface area contributed by atoms with E-state index in [1.165, 1.54) is 5.56 Å². The molecule has 0 N–H and O–H groups in total. The summed E-state index contributed by atoms with van der Waals surface area (Å²) in [4.78, 5) is 7.78. The maximum Gasteiger partial charge on any atom is 0.115 e. The first-order valence-corrected chi connectivity index (χ1v) is 3.94. The summed E-state index contributed by atoms with van der Waals surface area (Å²) >= 11 is 2.33. The van der Waals surface area contributed by atoms with Crippen LogP contribution in [0.3, 0.4) is 0 Å². The molecule has 0 radical (unpaired) electrons. The van der Waals surface area contributed by atoms with Crippen LogP contribution in [0.2, 0.25) is 0 Å². The molecule has 1 rings (SSSR count). The van der Waals surface area contributed by atoms with E-state index in [-0.39, 0.29) is 0 Å². The molecular formula is C6H7IN2. The third-order valence-corrected chi connectivity index (χ3v) is 1.76. The van der Waals surface area contributed by atoms with E-state index in [2.05, 4.69) is 39.5 Å². The lowest BCUT2D eigenvalue weighted by Gasteiger charge is -1.98. The van der Waals surface area contributed by atoms with Gasteiger partial charge in [-0.3, -0.25) is 0 Å². The van der Waals surface area contributed by atoms with Crippen molar-refractivity contribution in [2.45, 2.75) is 10.8 Å².